The molecule has 0 bridgehead atoms. The molecule has 0 aliphatic rings. The molecule has 0 aliphatic carbocycles. The summed E-state index contributed by atoms with van der Waals surface area (Å²) in [5.41, 5.74) is 2.12. The van der Waals surface area contributed by atoms with Gasteiger partial charge in [-0.3, -0.25) is 8.80 Å². The quantitative estimate of drug-likeness (QED) is 0.450. The van der Waals surface area contributed by atoms with Gasteiger partial charge < -0.3 is 4.52 Å². The van der Waals surface area contributed by atoms with Crippen LogP contribution in [0.2, 0.25) is 0 Å². The maximum Gasteiger partial charge on any atom is 0.296 e. The van der Waals surface area contributed by atoms with Gasteiger partial charge in [0.15, 0.2) is 5.65 Å². The lowest BCUT2D eigenvalue weighted by Gasteiger charge is -2.06. The number of imidazole rings is 1. The van der Waals surface area contributed by atoms with Crippen LogP contribution in [0.1, 0.15) is 0 Å². The average molecular weight is 389 g/mol. The number of hydrogen-bond acceptors (Lipinski definition) is 6. The minimum atomic E-state index is -0.657. The van der Waals surface area contributed by atoms with Gasteiger partial charge in [-0.05, 0) is 36.4 Å². The maximum atomic E-state index is 14.4. The Hall–Kier alpha value is -4.21. The van der Waals surface area contributed by atoms with Crippen molar-refractivity contribution in [3.8, 4) is 23.1 Å². The zero-order chi connectivity index (χ0) is 19.5. The van der Waals surface area contributed by atoms with Crippen LogP contribution in [0.3, 0.4) is 0 Å². The van der Waals surface area contributed by atoms with Gasteiger partial charge in [-0.25, -0.2) is 9.37 Å². The fourth-order valence-electron chi connectivity index (χ4n) is 3.40. The first-order valence-corrected chi connectivity index (χ1v) is 8.59. The fraction of sp³-hybridized carbons (Fsp3) is 0. The molecule has 0 saturated heterocycles. The van der Waals surface area contributed by atoms with E-state index >= 15 is 0 Å². The van der Waals surface area contributed by atoms with E-state index in [1.165, 1.54) is 22.7 Å². The summed E-state index contributed by atoms with van der Waals surface area (Å²) in [5, 5.41) is 13.1. The zero-order valence-corrected chi connectivity index (χ0v) is 14.5. The van der Waals surface area contributed by atoms with Crippen molar-refractivity contribution in [2.24, 2.45) is 0 Å². The summed E-state index contributed by atoms with van der Waals surface area (Å²) < 4.78 is 35.9. The molecule has 6 aromatic rings. The van der Waals surface area contributed by atoms with E-state index in [9.17, 15) is 8.78 Å². The van der Waals surface area contributed by atoms with E-state index in [0.717, 1.165) is 0 Å². The molecular weight excluding hydrogens is 380 g/mol. The molecule has 0 atom stereocenters. The Morgan fingerprint density at radius 1 is 0.897 bits per heavy atom. The summed E-state index contributed by atoms with van der Waals surface area (Å²) >= 11 is 0. The van der Waals surface area contributed by atoms with Crippen molar-refractivity contribution in [3.63, 3.8) is 0 Å². The topological polar surface area (TPSA) is 86.4 Å². The third-order valence-electron chi connectivity index (χ3n) is 4.70. The highest BCUT2D eigenvalue weighted by Crippen LogP contribution is 2.28. The van der Waals surface area contributed by atoms with Crippen LogP contribution in [0.25, 0.3) is 45.3 Å². The van der Waals surface area contributed by atoms with Crippen molar-refractivity contribution in [2.45, 2.75) is 0 Å². The molecule has 0 aliphatic heterocycles. The molecule has 0 N–H and O–H groups in total. The number of nitrogens with zero attached hydrogens (tertiary/aromatic N) is 7. The van der Waals surface area contributed by atoms with Crippen LogP contribution in [-0.2, 0) is 0 Å². The van der Waals surface area contributed by atoms with Crippen LogP contribution in [0.5, 0.6) is 0 Å². The van der Waals surface area contributed by atoms with E-state index in [-0.39, 0.29) is 23.4 Å². The van der Waals surface area contributed by atoms with Crippen molar-refractivity contribution in [2.75, 3.05) is 0 Å². The third-order valence-corrected chi connectivity index (χ3v) is 4.70. The Morgan fingerprint density at radius 2 is 1.72 bits per heavy atom. The Labute approximate surface area is 160 Å². The molecule has 0 radical (unpaired) electrons. The summed E-state index contributed by atoms with van der Waals surface area (Å²) in [4.78, 5) is 8.14. The summed E-state index contributed by atoms with van der Waals surface area (Å²) in [6.45, 7) is 0. The highest BCUT2D eigenvalue weighted by molar-refractivity contribution is 5.94. The molecule has 4 aromatic heterocycles. The number of rotatable bonds is 2. The Balaban J connectivity index is 1.63. The lowest BCUT2D eigenvalue weighted by atomic mass is 10.2. The van der Waals surface area contributed by atoms with Gasteiger partial charge in [0, 0.05) is 10.9 Å². The van der Waals surface area contributed by atoms with E-state index in [0.29, 0.717) is 27.8 Å². The van der Waals surface area contributed by atoms with Gasteiger partial charge in [0.05, 0.1) is 11.7 Å². The molecule has 0 spiro atoms. The molecule has 6 rings (SSSR count). The van der Waals surface area contributed by atoms with Crippen LogP contribution in [0.15, 0.2) is 59.3 Å². The molecule has 2 aromatic carbocycles. The number of benzene rings is 2. The van der Waals surface area contributed by atoms with Crippen LogP contribution >= 0.6 is 0 Å². The van der Waals surface area contributed by atoms with Crippen molar-refractivity contribution in [3.05, 3.63) is 66.6 Å². The van der Waals surface area contributed by atoms with Crippen molar-refractivity contribution < 1.29 is 13.3 Å². The Bertz CT molecular complexity index is 1530. The molecule has 10 heteroatoms. The first-order valence-electron chi connectivity index (χ1n) is 8.59. The number of para-hydroxylation sites is 1. The van der Waals surface area contributed by atoms with Crippen LogP contribution in [0.4, 0.5) is 8.78 Å². The second kappa shape index (κ2) is 5.64. The number of fused-ring (bicyclic) bond motifs is 6. The minimum absolute atomic E-state index is 0.0932. The molecule has 0 unspecified atom stereocenters. The van der Waals surface area contributed by atoms with Gasteiger partial charge in [-0.1, -0.05) is 17.3 Å². The Kier molecular flexibility index (Phi) is 3.08. The number of halogens is 2. The van der Waals surface area contributed by atoms with Crippen molar-refractivity contribution in [1.29, 1.82) is 0 Å². The first-order chi connectivity index (χ1) is 14.2. The van der Waals surface area contributed by atoms with Crippen LogP contribution in [-0.4, -0.2) is 34.1 Å². The number of hydrogen-bond donors (Lipinski definition) is 0. The van der Waals surface area contributed by atoms with Gasteiger partial charge in [0.2, 0.25) is 11.6 Å². The highest BCUT2D eigenvalue weighted by atomic mass is 19.1. The van der Waals surface area contributed by atoms with Gasteiger partial charge in [-0.15, -0.1) is 10.2 Å². The summed E-state index contributed by atoms with van der Waals surface area (Å²) in [7, 11) is 0. The van der Waals surface area contributed by atoms with Crippen LogP contribution in [0, 0.1) is 11.9 Å². The molecule has 0 amide bonds. The highest BCUT2D eigenvalue weighted by Gasteiger charge is 2.22. The smallest absolute Gasteiger partial charge is 0.296 e. The molecule has 8 nitrogen and oxygen atoms in total. The lowest BCUT2D eigenvalue weighted by molar-refractivity contribution is 0.429. The first kappa shape index (κ1) is 15.8. The standard InChI is InChI=1S/C19H9F2N7O/c20-11-7-5-10(6-8-11)15-23-18(29-26-15)17-25-24-16-12-3-1-2-4-13(12)27-14(28(16)17)9-22-19(27)21/h1-9H. The molecule has 4 heterocycles. The second-order valence-electron chi connectivity index (χ2n) is 6.35. The van der Waals surface area contributed by atoms with E-state index in [1.807, 2.05) is 18.2 Å². The second-order valence-corrected chi connectivity index (χ2v) is 6.35. The Morgan fingerprint density at radius 3 is 2.59 bits per heavy atom. The summed E-state index contributed by atoms with van der Waals surface area (Å²) in [6.07, 6.45) is 0.731. The van der Waals surface area contributed by atoms with Gasteiger partial charge in [-0.2, -0.15) is 9.37 Å². The van der Waals surface area contributed by atoms with E-state index in [4.69, 9.17) is 4.52 Å². The largest absolute Gasteiger partial charge is 0.330 e. The normalized spacial score (nSPS) is 11.8. The monoisotopic (exact) mass is 389 g/mol. The van der Waals surface area contributed by atoms with E-state index in [2.05, 4.69) is 25.3 Å². The van der Waals surface area contributed by atoms with Crippen molar-refractivity contribution in [1.82, 2.24) is 34.1 Å². The fourth-order valence-corrected chi connectivity index (χ4v) is 3.40. The van der Waals surface area contributed by atoms with Crippen molar-refractivity contribution >= 4 is 22.2 Å². The van der Waals surface area contributed by atoms with Gasteiger partial charge >= 0.3 is 0 Å². The summed E-state index contributed by atoms with van der Waals surface area (Å²) in [6, 6.07) is 12.9. The summed E-state index contributed by atoms with van der Waals surface area (Å²) in [5.74, 6) is 0.248. The predicted molar refractivity (Wildman–Crippen MR) is 97.9 cm³/mol. The van der Waals surface area contributed by atoms with Gasteiger partial charge in [0.1, 0.15) is 11.5 Å². The zero-order valence-electron chi connectivity index (χ0n) is 14.5. The molecule has 140 valence electrons. The van der Waals surface area contributed by atoms with Gasteiger partial charge in [0.25, 0.3) is 12.0 Å². The predicted octanol–water partition coefficient (Wildman–Crippen LogP) is 3.53. The number of aromatic nitrogens is 7. The molecule has 0 saturated carbocycles. The van der Waals surface area contributed by atoms with E-state index < -0.39 is 6.08 Å². The molecular formula is C19H9F2N7O. The van der Waals surface area contributed by atoms with Crippen LogP contribution < -0.4 is 0 Å². The maximum absolute atomic E-state index is 14.4. The van der Waals surface area contributed by atoms with E-state index in [1.54, 1.807) is 22.6 Å². The third kappa shape index (κ3) is 2.19. The molecule has 0 fully saturated rings. The average Bonchev–Trinajstić information content (AvgIpc) is 3.46. The lowest BCUT2D eigenvalue weighted by Crippen LogP contribution is -2.00. The molecule has 29 heavy (non-hydrogen) atoms. The SMILES string of the molecule is Fc1ccc(-c2noc(-c3nnc4c5ccccc5n5c(F)ncc5n34)n2)cc1. The minimum Gasteiger partial charge on any atom is -0.330 e.